The number of anilines is 3. The van der Waals surface area contributed by atoms with Gasteiger partial charge in [-0.25, -0.2) is 0 Å². The van der Waals surface area contributed by atoms with E-state index < -0.39 is 11.9 Å². The quantitative estimate of drug-likeness (QED) is 0.754. The molecule has 1 atom stereocenters. The van der Waals surface area contributed by atoms with E-state index in [1.165, 1.54) is 0 Å². The summed E-state index contributed by atoms with van der Waals surface area (Å²) in [5, 5.41) is 9.35. The zero-order valence-corrected chi connectivity index (χ0v) is 12.5. The van der Waals surface area contributed by atoms with Gasteiger partial charge in [-0.1, -0.05) is 18.2 Å². The third-order valence-electron chi connectivity index (χ3n) is 3.94. The number of nitrogen functional groups attached to an aromatic ring is 2. The average Bonchev–Trinajstić information content (AvgIpc) is 2.66. The number of nitrogens with two attached hydrogens (primary N) is 2. The van der Waals surface area contributed by atoms with Crippen LogP contribution in [-0.2, 0) is 17.8 Å². The fourth-order valence-electron chi connectivity index (χ4n) is 2.86. The molecule has 1 aliphatic heterocycles. The summed E-state index contributed by atoms with van der Waals surface area (Å²) >= 11 is 0. The molecule has 0 bridgehead atoms. The van der Waals surface area contributed by atoms with Crippen molar-refractivity contribution in [1.29, 1.82) is 0 Å². The third-order valence-corrected chi connectivity index (χ3v) is 3.94. The van der Waals surface area contributed by atoms with Gasteiger partial charge in [-0.3, -0.25) is 4.79 Å². The largest absolute Gasteiger partial charge is 0.481 e. The van der Waals surface area contributed by atoms with E-state index in [4.69, 9.17) is 11.5 Å². The molecule has 1 aromatic carbocycles. The van der Waals surface area contributed by atoms with Crippen LogP contribution in [0.5, 0.6) is 0 Å². The monoisotopic (exact) mass is 314 g/mol. The minimum absolute atomic E-state index is 0.0824. The summed E-state index contributed by atoms with van der Waals surface area (Å²) in [6, 6.07) is 7.79. The van der Waals surface area contributed by atoms with Crippen LogP contribution in [0.15, 0.2) is 24.3 Å². The van der Waals surface area contributed by atoms with Crippen LogP contribution in [0, 0.1) is 5.92 Å². The van der Waals surface area contributed by atoms with Crippen molar-refractivity contribution in [3.05, 3.63) is 35.7 Å². The highest BCUT2D eigenvalue weighted by atomic mass is 16.4. The van der Waals surface area contributed by atoms with Crippen molar-refractivity contribution in [2.75, 3.05) is 22.9 Å². The summed E-state index contributed by atoms with van der Waals surface area (Å²) in [5.74, 6) is -0.526. The molecule has 0 saturated carbocycles. The predicted octanol–water partition coefficient (Wildman–Crippen LogP) is 0.690. The van der Waals surface area contributed by atoms with Gasteiger partial charge in [0.25, 0.3) is 0 Å². The maximum absolute atomic E-state index is 11.4. The van der Waals surface area contributed by atoms with Gasteiger partial charge >= 0.3 is 5.97 Å². The molecule has 1 aliphatic rings. The summed E-state index contributed by atoms with van der Waals surface area (Å²) in [7, 11) is 0. The predicted molar refractivity (Wildman–Crippen MR) is 85.6 cm³/mol. The lowest BCUT2D eigenvalue weighted by molar-refractivity contribution is -0.141. The lowest BCUT2D eigenvalue weighted by atomic mass is 9.97. The van der Waals surface area contributed by atoms with Gasteiger partial charge in [0.15, 0.2) is 5.82 Å². The Bertz CT molecular complexity index is 715. The number of benzene rings is 1. The number of para-hydroxylation sites is 1. The average molecular weight is 314 g/mol. The summed E-state index contributed by atoms with van der Waals surface area (Å²) in [6.07, 6.45) is 1.07. The van der Waals surface area contributed by atoms with E-state index in [2.05, 4.69) is 19.9 Å². The van der Waals surface area contributed by atoms with E-state index in [1.807, 2.05) is 24.3 Å². The minimum Gasteiger partial charge on any atom is -0.481 e. The number of fused-ring (bicyclic) bond motifs is 1. The Kier molecular flexibility index (Phi) is 3.96. The molecule has 0 aliphatic carbocycles. The summed E-state index contributed by atoms with van der Waals surface area (Å²) in [4.78, 5) is 25.4. The molecule has 0 radical (unpaired) electrons. The highest BCUT2D eigenvalue weighted by Gasteiger charge is 2.26. The SMILES string of the molecule is Nc1nc(N)nc(CN2CCC(C(=O)O)Cc3ccccc32)n1. The fourth-order valence-corrected chi connectivity index (χ4v) is 2.86. The van der Waals surface area contributed by atoms with Crippen LogP contribution in [0.3, 0.4) is 0 Å². The van der Waals surface area contributed by atoms with Crippen molar-refractivity contribution in [3.8, 4) is 0 Å². The lowest BCUT2D eigenvalue weighted by Crippen LogP contribution is -2.26. The number of aromatic nitrogens is 3. The van der Waals surface area contributed by atoms with Crippen molar-refractivity contribution >= 4 is 23.6 Å². The molecule has 1 unspecified atom stereocenters. The van der Waals surface area contributed by atoms with E-state index in [-0.39, 0.29) is 11.9 Å². The number of carbonyl (C=O) groups is 1. The number of nitrogens with zero attached hydrogens (tertiary/aromatic N) is 4. The third kappa shape index (κ3) is 3.31. The van der Waals surface area contributed by atoms with Crippen molar-refractivity contribution in [2.24, 2.45) is 5.92 Å². The van der Waals surface area contributed by atoms with Crippen molar-refractivity contribution < 1.29 is 9.90 Å². The van der Waals surface area contributed by atoms with Gasteiger partial charge < -0.3 is 21.5 Å². The van der Waals surface area contributed by atoms with Gasteiger partial charge in [-0.05, 0) is 24.5 Å². The van der Waals surface area contributed by atoms with Crippen molar-refractivity contribution in [1.82, 2.24) is 15.0 Å². The molecule has 8 nitrogen and oxygen atoms in total. The molecule has 2 aromatic rings. The maximum atomic E-state index is 11.4. The number of hydrogen-bond acceptors (Lipinski definition) is 7. The second kappa shape index (κ2) is 6.07. The van der Waals surface area contributed by atoms with E-state index in [0.29, 0.717) is 31.8 Å². The Morgan fingerprint density at radius 3 is 2.61 bits per heavy atom. The Labute approximate surface area is 133 Å². The van der Waals surface area contributed by atoms with Gasteiger partial charge in [-0.15, -0.1) is 0 Å². The van der Waals surface area contributed by atoms with Gasteiger partial charge in [-0.2, -0.15) is 15.0 Å². The minimum atomic E-state index is -0.768. The Balaban J connectivity index is 1.91. The molecule has 23 heavy (non-hydrogen) atoms. The lowest BCUT2D eigenvalue weighted by Gasteiger charge is -2.24. The normalized spacial score (nSPS) is 17.4. The van der Waals surface area contributed by atoms with Crippen LogP contribution in [0.4, 0.5) is 17.6 Å². The first-order chi connectivity index (χ1) is 11.0. The van der Waals surface area contributed by atoms with E-state index in [0.717, 1.165) is 11.3 Å². The molecule has 1 aromatic heterocycles. The van der Waals surface area contributed by atoms with E-state index in [1.54, 1.807) is 0 Å². The smallest absolute Gasteiger partial charge is 0.306 e. The van der Waals surface area contributed by atoms with Gasteiger partial charge in [0.05, 0.1) is 12.5 Å². The Morgan fingerprint density at radius 1 is 1.22 bits per heavy atom. The van der Waals surface area contributed by atoms with Crippen LogP contribution in [0.25, 0.3) is 0 Å². The van der Waals surface area contributed by atoms with Crippen LogP contribution >= 0.6 is 0 Å². The molecule has 0 fully saturated rings. The highest BCUT2D eigenvalue weighted by molar-refractivity contribution is 5.72. The van der Waals surface area contributed by atoms with Crippen LogP contribution in [0.1, 0.15) is 17.8 Å². The molecular formula is C15H18N6O2. The molecule has 0 amide bonds. The molecule has 8 heteroatoms. The second-order valence-electron chi connectivity index (χ2n) is 5.55. The Hall–Kier alpha value is -2.90. The fraction of sp³-hybridized carbons (Fsp3) is 0.333. The summed E-state index contributed by atoms with van der Waals surface area (Å²) < 4.78 is 0. The zero-order chi connectivity index (χ0) is 16.4. The number of rotatable bonds is 3. The molecular weight excluding hydrogens is 296 g/mol. The standard InChI is InChI=1S/C15H18N6O2/c16-14-18-12(19-15(17)20-14)8-21-6-5-10(13(22)23)7-9-3-1-2-4-11(9)21/h1-4,10H,5-8H2,(H,22,23)(H4,16,17,18,19,20). The number of hydrogen-bond donors (Lipinski definition) is 3. The van der Waals surface area contributed by atoms with Crippen LogP contribution in [-0.4, -0.2) is 32.6 Å². The number of aliphatic carboxylic acids is 1. The first-order valence-corrected chi connectivity index (χ1v) is 7.34. The van der Waals surface area contributed by atoms with E-state index >= 15 is 0 Å². The zero-order valence-electron chi connectivity index (χ0n) is 12.5. The molecule has 0 saturated heterocycles. The molecule has 3 rings (SSSR count). The van der Waals surface area contributed by atoms with Crippen molar-refractivity contribution in [3.63, 3.8) is 0 Å². The second-order valence-corrected chi connectivity index (χ2v) is 5.55. The molecule has 120 valence electrons. The highest BCUT2D eigenvalue weighted by Crippen LogP contribution is 2.29. The number of carboxylic acids is 1. The number of carboxylic acid groups (broad SMARTS) is 1. The molecule has 0 spiro atoms. The Morgan fingerprint density at radius 2 is 1.91 bits per heavy atom. The van der Waals surface area contributed by atoms with Gasteiger partial charge in [0, 0.05) is 12.2 Å². The van der Waals surface area contributed by atoms with E-state index in [9.17, 15) is 9.90 Å². The topological polar surface area (TPSA) is 131 Å². The summed E-state index contributed by atoms with van der Waals surface area (Å²) in [6.45, 7) is 1.000. The summed E-state index contributed by atoms with van der Waals surface area (Å²) in [5.41, 5.74) is 13.2. The molecule has 2 heterocycles. The van der Waals surface area contributed by atoms with Crippen LogP contribution in [0.2, 0.25) is 0 Å². The first kappa shape index (κ1) is 15.0. The van der Waals surface area contributed by atoms with Gasteiger partial charge in [0.1, 0.15) is 0 Å². The molecule has 5 N–H and O–H groups in total. The first-order valence-electron chi connectivity index (χ1n) is 7.34. The maximum Gasteiger partial charge on any atom is 0.306 e. The van der Waals surface area contributed by atoms with Crippen molar-refractivity contribution in [2.45, 2.75) is 19.4 Å². The van der Waals surface area contributed by atoms with Gasteiger partial charge in [0.2, 0.25) is 11.9 Å². The van der Waals surface area contributed by atoms with Crippen LogP contribution < -0.4 is 16.4 Å².